The Balaban J connectivity index is 2.15. The molecular weight excluding hydrogens is 174 g/mol. The standard InChI is InChI=1S/C11H19N3/c1-2-7-14-8-10(12)11(13-14)9-5-3-4-6-9/h8-9H,2-7,12H2,1H3. The van der Waals surface area contributed by atoms with Crippen molar-refractivity contribution in [2.45, 2.75) is 51.5 Å². The van der Waals surface area contributed by atoms with Crippen LogP contribution in [0.1, 0.15) is 50.6 Å². The maximum absolute atomic E-state index is 5.97. The third-order valence-electron chi connectivity index (χ3n) is 3.01. The van der Waals surface area contributed by atoms with Crippen LogP contribution in [0.5, 0.6) is 0 Å². The van der Waals surface area contributed by atoms with Gasteiger partial charge in [0.1, 0.15) is 0 Å². The first-order valence-electron chi connectivity index (χ1n) is 5.64. The highest BCUT2D eigenvalue weighted by Crippen LogP contribution is 2.35. The summed E-state index contributed by atoms with van der Waals surface area (Å²) in [5, 5.41) is 4.57. The Hall–Kier alpha value is -0.990. The zero-order chi connectivity index (χ0) is 9.97. The number of nitrogens with zero attached hydrogens (tertiary/aromatic N) is 2. The van der Waals surface area contributed by atoms with Crippen LogP contribution in [0.4, 0.5) is 5.69 Å². The normalized spacial score (nSPS) is 17.8. The number of hydrogen-bond donors (Lipinski definition) is 1. The molecule has 1 aliphatic carbocycles. The summed E-state index contributed by atoms with van der Waals surface area (Å²) in [6.45, 7) is 3.14. The van der Waals surface area contributed by atoms with Crippen molar-refractivity contribution in [1.29, 1.82) is 0 Å². The molecule has 1 aliphatic rings. The van der Waals surface area contributed by atoms with Crippen molar-refractivity contribution in [2.75, 3.05) is 5.73 Å². The molecular formula is C11H19N3. The Morgan fingerprint density at radius 3 is 2.86 bits per heavy atom. The van der Waals surface area contributed by atoms with Gasteiger partial charge in [-0.15, -0.1) is 0 Å². The second kappa shape index (κ2) is 4.03. The Kier molecular flexibility index (Phi) is 2.75. The van der Waals surface area contributed by atoms with Crippen LogP contribution < -0.4 is 5.73 Å². The van der Waals surface area contributed by atoms with Gasteiger partial charge in [0.15, 0.2) is 0 Å². The van der Waals surface area contributed by atoms with Crippen LogP contribution in [-0.2, 0) is 6.54 Å². The molecule has 1 fully saturated rings. The van der Waals surface area contributed by atoms with E-state index in [2.05, 4.69) is 12.0 Å². The minimum absolute atomic E-state index is 0.633. The Morgan fingerprint density at radius 2 is 2.21 bits per heavy atom. The van der Waals surface area contributed by atoms with Crippen LogP contribution in [0.3, 0.4) is 0 Å². The predicted molar refractivity (Wildman–Crippen MR) is 58.1 cm³/mol. The van der Waals surface area contributed by atoms with Crippen molar-refractivity contribution >= 4 is 5.69 Å². The third-order valence-corrected chi connectivity index (χ3v) is 3.01. The molecule has 3 heteroatoms. The van der Waals surface area contributed by atoms with E-state index in [-0.39, 0.29) is 0 Å². The fourth-order valence-corrected chi connectivity index (χ4v) is 2.31. The van der Waals surface area contributed by atoms with Gasteiger partial charge in [0.05, 0.1) is 11.4 Å². The zero-order valence-electron chi connectivity index (χ0n) is 8.87. The highest BCUT2D eigenvalue weighted by molar-refractivity contribution is 5.43. The van der Waals surface area contributed by atoms with Crippen molar-refractivity contribution in [3.63, 3.8) is 0 Å². The topological polar surface area (TPSA) is 43.8 Å². The van der Waals surface area contributed by atoms with E-state index in [1.807, 2.05) is 10.9 Å². The molecule has 0 spiro atoms. The summed E-state index contributed by atoms with van der Waals surface area (Å²) in [6, 6.07) is 0. The number of anilines is 1. The lowest BCUT2D eigenvalue weighted by Gasteiger charge is -2.05. The summed E-state index contributed by atoms with van der Waals surface area (Å²) in [5.41, 5.74) is 8.01. The van der Waals surface area contributed by atoms with Gasteiger partial charge in [0.25, 0.3) is 0 Å². The predicted octanol–water partition coefficient (Wildman–Crippen LogP) is 2.53. The molecule has 1 aromatic heterocycles. The van der Waals surface area contributed by atoms with Crippen LogP contribution in [0.2, 0.25) is 0 Å². The van der Waals surface area contributed by atoms with Gasteiger partial charge in [-0.1, -0.05) is 19.8 Å². The minimum atomic E-state index is 0.633. The maximum atomic E-state index is 5.97. The second-order valence-corrected chi connectivity index (χ2v) is 4.21. The highest BCUT2D eigenvalue weighted by atomic mass is 15.3. The van der Waals surface area contributed by atoms with Gasteiger partial charge in [-0.25, -0.2) is 0 Å². The Morgan fingerprint density at radius 1 is 1.50 bits per heavy atom. The van der Waals surface area contributed by atoms with Crippen molar-refractivity contribution in [1.82, 2.24) is 9.78 Å². The first kappa shape index (κ1) is 9.56. The van der Waals surface area contributed by atoms with Crippen LogP contribution in [-0.4, -0.2) is 9.78 Å². The highest BCUT2D eigenvalue weighted by Gasteiger charge is 2.21. The van der Waals surface area contributed by atoms with Gasteiger partial charge in [-0.2, -0.15) is 5.10 Å². The second-order valence-electron chi connectivity index (χ2n) is 4.21. The molecule has 0 radical (unpaired) electrons. The van der Waals surface area contributed by atoms with Gasteiger partial charge in [-0.05, 0) is 19.3 Å². The summed E-state index contributed by atoms with van der Waals surface area (Å²) in [6.07, 6.45) is 8.32. The smallest absolute Gasteiger partial charge is 0.0884 e. The van der Waals surface area contributed by atoms with Crippen LogP contribution in [0.15, 0.2) is 6.20 Å². The monoisotopic (exact) mass is 193 g/mol. The summed E-state index contributed by atoms with van der Waals surface area (Å²) in [4.78, 5) is 0. The summed E-state index contributed by atoms with van der Waals surface area (Å²) in [5.74, 6) is 0.633. The van der Waals surface area contributed by atoms with E-state index in [0.29, 0.717) is 5.92 Å². The summed E-state index contributed by atoms with van der Waals surface area (Å²) < 4.78 is 1.99. The first-order valence-corrected chi connectivity index (χ1v) is 5.64. The summed E-state index contributed by atoms with van der Waals surface area (Å²) in [7, 11) is 0. The minimum Gasteiger partial charge on any atom is -0.396 e. The molecule has 0 aliphatic heterocycles. The molecule has 2 N–H and O–H groups in total. The molecule has 1 heterocycles. The number of rotatable bonds is 3. The van der Waals surface area contributed by atoms with Gasteiger partial charge in [-0.3, -0.25) is 4.68 Å². The fraction of sp³-hybridized carbons (Fsp3) is 0.727. The SMILES string of the molecule is CCCn1cc(N)c(C2CCCC2)n1. The van der Waals surface area contributed by atoms with Gasteiger partial charge >= 0.3 is 0 Å². The average molecular weight is 193 g/mol. The number of aromatic nitrogens is 2. The number of nitrogen functional groups attached to an aromatic ring is 1. The van der Waals surface area contributed by atoms with E-state index >= 15 is 0 Å². The molecule has 1 aromatic rings. The molecule has 2 rings (SSSR count). The Bertz CT molecular complexity index is 297. The van der Waals surface area contributed by atoms with Crippen LogP contribution >= 0.6 is 0 Å². The zero-order valence-corrected chi connectivity index (χ0v) is 8.87. The van der Waals surface area contributed by atoms with Crippen LogP contribution in [0.25, 0.3) is 0 Å². The van der Waals surface area contributed by atoms with E-state index < -0.39 is 0 Å². The van der Waals surface area contributed by atoms with E-state index in [1.165, 1.54) is 25.7 Å². The number of nitrogens with two attached hydrogens (primary N) is 1. The lowest BCUT2D eigenvalue weighted by molar-refractivity contribution is 0.577. The first-order chi connectivity index (χ1) is 6.81. The number of aryl methyl sites for hydroxylation is 1. The molecule has 78 valence electrons. The van der Waals surface area contributed by atoms with Gasteiger partial charge < -0.3 is 5.73 Å². The average Bonchev–Trinajstić information content (AvgIpc) is 2.74. The maximum Gasteiger partial charge on any atom is 0.0884 e. The number of hydrogen-bond acceptors (Lipinski definition) is 2. The molecule has 14 heavy (non-hydrogen) atoms. The van der Waals surface area contributed by atoms with Crippen LogP contribution in [0, 0.1) is 0 Å². The molecule has 0 amide bonds. The molecule has 3 nitrogen and oxygen atoms in total. The summed E-state index contributed by atoms with van der Waals surface area (Å²) >= 11 is 0. The lowest BCUT2D eigenvalue weighted by atomic mass is 10.0. The molecule has 0 unspecified atom stereocenters. The van der Waals surface area contributed by atoms with E-state index in [9.17, 15) is 0 Å². The van der Waals surface area contributed by atoms with E-state index in [0.717, 1.165) is 24.3 Å². The quantitative estimate of drug-likeness (QED) is 0.801. The van der Waals surface area contributed by atoms with Gasteiger partial charge in [0, 0.05) is 18.7 Å². The molecule has 0 saturated heterocycles. The largest absolute Gasteiger partial charge is 0.396 e. The lowest BCUT2D eigenvalue weighted by Crippen LogP contribution is -2.00. The fourth-order valence-electron chi connectivity index (χ4n) is 2.31. The van der Waals surface area contributed by atoms with E-state index in [1.54, 1.807) is 0 Å². The molecule has 0 atom stereocenters. The Labute approximate surface area is 85.3 Å². The molecule has 1 saturated carbocycles. The molecule has 0 aromatic carbocycles. The third kappa shape index (κ3) is 1.76. The van der Waals surface area contributed by atoms with Crippen molar-refractivity contribution in [3.05, 3.63) is 11.9 Å². The van der Waals surface area contributed by atoms with Crippen molar-refractivity contribution in [3.8, 4) is 0 Å². The molecule has 0 bridgehead atoms. The van der Waals surface area contributed by atoms with Gasteiger partial charge in [0.2, 0.25) is 0 Å². The van der Waals surface area contributed by atoms with E-state index in [4.69, 9.17) is 5.73 Å². The van der Waals surface area contributed by atoms with Crippen molar-refractivity contribution < 1.29 is 0 Å². The van der Waals surface area contributed by atoms with Crippen molar-refractivity contribution in [2.24, 2.45) is 0 Å².